The van der Waals surface area contributed by atoms with E-state index in [1.807, 2.05) is 25.2 Å². The number of rotatable bonds is 6. The zero-order valence-corrected chi connectivity index (χ0v) is 11.6. The van der Waals surface area contributed by atoms with E-state index in [0.29, 0.717) is 16.6 Å². The molecule has 0 aliphatic carbocycles. The van der Waals surface area contributed by atoms with Crippen LogP contribution in [0.15, 0.2) is 18.2 Å². The first-order chi connectivity index (χ1) is 8.04. The van der Waals surface area contributed by atoms with Crippen LogP contribution in [0.25, 0.3) is 0 Å². The minimum Gasteiger partial charge on any atom is -0.389 e. The van der Waals surface area contributed by atoms with Gasteiger partial charge >= 0.3 is 0 Å². The Kier molecular flexibility index (Phi) is 5.85. The maximum atomic E-state index is 6.18. The molecule has 0 aliphatic heterocycles. The molecule has 0 bridgehead atoms. The topological polar surface area (TPSA) is 38.5 Å². The van der Waals surface area contributed by atoms with E-state index in [2.05, 4.69) is 4.90 Å². The summed E-state index contributed by atoms with van der Waals surface area (Å²) in [5.41, 5.74) is 7.41. The van der Waals surface area contributed by atoms with Crippen LogP contribution in [0.4, 0.5) is 0 Å². The molecule has 1 aromatic carbocycles. The van der Waals surface area contributed by atoms with Crippen LogP contribution in [-0.2, 0) is 11.3 Å². The minimum atomic E-state index is 0.367. The number of thiocarbonyl (C=S) groups is 1. The van der Waals surface area contributed by atoms with Gasteiger partial charge in [-0.15, -0.1) is 0 Å². The smallest absolute Gasteiger partial charge is 0.104 e. The van der Waals surface area contributed by atoms with E-state index in [1.165, 1.54) is 0 Å². The average molecular weight is 273 g/mol. The molecule has 5 heteroatoms. The third kappa shape index (κ3) is 4.60. The lowest BCUT2D eigenvalue weighted by atomic mass is 10.1. The molecule has 0 aromatic heterocycles. The van der Waals surface area contributed by atoms with Crippen LogP contribution in [0.2, 0.25) is 5.02 Å². The molecule has 1 aromatic rings. The molecule has 0 radical (unpaired) electrons. The Balaban J connectivity index is 2.69. The van der Waals surface area contributed by atoms with E-state index in [9.17, 15) is 0 Å². The summed E-state index contributed by atoms with van der Waals surface area (Å²) in [6.07, 6.45) is 0. The van der Waals surface area contributed by atoms with Gasteiger partial charge in [0.1, 0.15) is 4.99 Å². The first kappa shape index (κ1) is 14.4. The van der Waals surface area contributed by atoms with Crippen molar-refractivity contribution in [3.8, 4) is 0 Å². The largest absolute Gasteiger partial charge is 0.389 e. The summed E-state index contributed by atoms with van der Waals surface area (Å²) in [5, 5.41) is 0.694. The minimum absolute atomic E-state index is 0.367. The van der Waals surface area contributed by atoms with Gasteiger partial charge in [0.2, 0.25) is 0 Å². The summed E-state index contributed by atoms with van der Waals surface area (Å²) in [6, 6.07) is 5.66. The lowest BCUT2D eigenvalue weighted by molar-refractivity contribution is 0.158. The number of nitrogens with two attached hydrogens (primary N) is 1. The monoisotopic (exact) mass is 272 g/mol. The molecule has 0 aliphatic rings. The summed E-state index contributed by atoms with van der Waals surface area (Å²) < 4.78 is 5.02. The Labute approximate surface area is 112 Å². The fourth-order valence-corrected chi connectivity index (χ4v) is 1.81. The molecule has 0 spiro atoms. The summed E-state index contributed by atoms with van der Waals surface area (Å²) in [4.78, 5) is 2.51. The predicted molar refractivity (Wildman–Crippen MR) is 75.5 cm³/mol. The van der Waals surface area contributed by atoms with Gasteiger partial charge in [0.25, 0.3) is 0 Å². The predicted octanol–water partition coefficient (Wildman–Crippen LogP) is 2.05. The fraction of sp³-hybridized carbons (Fsp3) is 0.417. The second-order valence-corrected chi connectivity index (χ2v) is 4.75. The van der Waals surface area contributed by atoms with Gasteiger partial charge in [-0.2, -0.15) is 0 Å². The highest BCUT2D eigenvalue weighted by Gasteiger charge is 2.06. The van der Waals surface area contributed by atoms with Gasteiger partial charge in [0.05, 0.1) is 6.61 Å². The van der Waals surface area contributed by atoms with E-state index >= 15 is 0 Å². The summed E-state index contributed by atoms with van der Waals surface area (Å²) in [6.45, 7) is 2.35. The van der Waals surface area contributed by atoms with Crippen LogP contribution in [0.3, 0.4) is 0 Å². The lowest BCUT2D eigenvalue weighted by Gasteiger charge is -2.17. The number of hydrogen-bond donors (Lipinski definition) is 1. The van der Waals surface area contributed by atoms with Crippen molar-refractivity contribution in [3.63, 3.8) is 0 Å². The van der Waals surface area contributed by atoms with Gasteiger partial charge in [-0.25, -0.2) is 0 Å². The first-order valence-corrected chi connectivity index (χ1v) is 6.09. The van der Waals surface area contributed by atoms with Crippen molar-refractivity contribution >= 4 is 28.8 Å². The van der Waals surface area contributed by atoms with E-state index in [4.69, 9.17) is 34.3 Å². The van der Waals surface area contributed by atoms with Gasteiger partial charge in [0, 0.05) is 30.8 Å². The van der Waals surface area contributed by atoms with Gasteiger partial charge in [0.15, 0.2) is 0 Å². The SMILES string of the molecule is COCCN(C)Cc1ccc(C(N)=S)cc1Cl. The molecule has 94 valence electrons. The van der Waals surface area contributed by atoms with E-state index in [0.717, 1.165) is 24.2 Å². The maximum Gasteiger partial charge on any atom is 0.104 e. The number of halogens is 1. The fourth-order valence-electron chi connectivity index (χ4n) is 1.45. The molecular formula is C12H17ClN2OS. The Morgan fingerprint density at radius 2 is 2.24 bits per heavy atom. The van der Waals surface area contributed by atoms with Gasteiger partial charge in [-0.3, -0.25) is 4.90 Å². The zero-order chi connectivity index (χ0) is 12.8. The summed E-state index contributed by atoms with van der Waals surface area (Å²) in [7, 11) is 3.72. The quantitative estimate of drug-likeness (QED) is 0.805. The van der Waals surface area contributed by atoms with Gasteiger partial charge < -0.3 is 10.5 Å². The second-order valence-electron chi connectivity index (χ2n) is 3.90. The lowest BCUT2D eigenvalue weighted by Crippen LogP contribution is -2.22. The van der Waals surface area contributed by atoms with Gasteiger partial charge in [-0.05, 0) is 18.7 Å². The number of benzene rings is 1. The number of nitrogens with zero attached hydrogens (tertiary/aromatic N) is 1. The summed E-state index contributed by atoms with van der Waals surface area (Å²) >= 11 is 11.1. The normalized spacial score (nSPS) is 10.8. The highest BCUT2D eigenvalue weighted by Crippen LogP contribution is 2.19. The zero-order valence-electron chi connectivity index (χ0n) is 10.1. The summed E-state index contributed by atoms with van der Waals surface area (Å²) in [5.74, 6) is 0. The van der Waals surface area contributed by atoms with Crippen LogP contribution >= 0.6 is 23.8 Å². The van der Waals surface area contributed by atoms with Crippen LogP contribution in [0.1, 0.15) is 11.1 Å². The van der Waals surface area contributed by atoms with Crippen molar-refractivity contribution in [3.05, 3.63) is 34.3 Å². The Morgan fingerprint density at radius 3 is 2.76 bits per heavy atom. The van der Waals surface area contributed by atoms with Crippen molar-refractivity contribution in [2.24, 2.45) is 5.73 Å². The van der Waals surface area contributed by atoms with E-state index in [-0.39, 0.29) is 0 Å². The number of likely N-dealkylation sites (N-methyl/N-ethyl adjacent to an activating group) is 1. The second kappa shape index (κ2) is 6.91. The van der Waals surface area contributed by atoms with Crippen LogP contribution < -0.4 is 5.73 Å². The molecular weight excluding hydrogens is 256 g/mol. The molecule has 17 heavy (non-hydrogen) atoms. The molecule has 0 heterocycles. The molecule has 0 unspecified atom stereocenters. The van der Waals surface area contributed by atoms with Crippen LogP contribution in [0, 0.1) is 0 Å². The highest BCUT2D eigenvalue weighted by molar-refractivity contribution is 7.80. The Hall–Kier alpha value is -0.680. The molecule has 0 saturated heterocycles. The average Bonchev–Trinajstić information content (AvgIpc) is 2.28. The van der Waals surface area contributed by atoms with Crippen molar-refractivity contribution < 1.29 is 4.74 Å². The number of ether oxygens (including phenoxy) is 1. The highest BCUT2D eigenvalue weighted by atomic mass is 35.5. The van der Waals surface area contributed by atoms with E-state index in [1.54, 1.807) is 7.11 Å². The number of methoxy groups -OCH3 is 1. The van der Waals surface area contributed by atoms with E-state index < -0.39 is 0 Å². The van der Waals surface area contributed by atoms with Crippen LogP contribution in [0.5, 0.6) is 0 Å². The maximum absolute atomic E-state index is 6.18. The molecule has 1 rings (SSSR count). The molecule has 0 atom stereocenters. The standard InChI is InChI=1S/C12H17ClN2OS/c1-15(5-6-16-2)8-10-4-3-9(12(14)17)7-11(10)13/h3-4,7H,5-6,8H2,1-2H3,(H2,14,17). The Bertz CT molecular complexity index is 398. The molecule has 0 fully saturated rings. The Morgan fingerprint density at radius 1 is 1.53 bits per heavy atom. The van der Waals surface area contributed by atoms with Crippen LogP contribution in [-0.4, -0.2) is 37.2 Å². The van der Waals surface area contributed by atoms with Gasteiger partial charge in [-0.1, -0.05) is 36.0 Å². The molecule has 3 nitrogen and oxygen atoms in total. The van der Waals surface area contributed by atoms with Crippen molar-refractivity contribution in [1.82, 2.24) is 4.90 Å². The molecule has 0 saturated carbocycles. The van der Waals surface area contributed by atoms with Crippen molar-refractivity contribution in [2.75, 3.05) is 27.3 Å². The van der Waals surface area contributed by atoms with Crippen molar-refractivity contribution in [1.29, 1.82) is 0 Å². The third-order valence-electron chi connectivity index (χ3n) is 2.45. The third-order valence-corrected chi connectivity index (χ3v) is 3.04. The molecule has 2 N–H and O–H groups in total. The number of hydrogen-bond acceptors (Lipinski definition) is 3. The molecule has 0 amide bonds. The first-order valence-electron chi connectivity index (χ1n) is 5.30. The van der Waals surface area contributed by atoms with Crippen molar-refractivity contribution in [2.45, 2.75) is 6.54 Å².